The minimum absolute atomic E-state index is 0.268. The standard InChI is InChI=1S/C13H27N3O/c1-13(2)10-16(6-5-15(13)3)8-12(14)11-4-7-17-9-11/h11-12H,4-10,14H2,1-3H3. The molecule has 2 unspecified atom stereocenters. The minimum atomic E-state index is 0.268. The van der Waals surface area contributed by atoms with Crippen molar-refractivity contribution in [2.45, 2.75) is 31.8 Å². The first-order chi connectivity index (χ1) is 7.99. The number of nitrogens with zero attached hydrogens (tertiary/aromatic N) is 2. The first-order valence-electron chi connectivity index (χ1n) is 6.76. The van der Waals surface area contributed by atoms with Crippen LogP contribution in [0.3, 0.4) is 0 Å². The van der Waals surface area contributed by atoms with Crippen LogP contribution in [0.5, 0.6) is 0 Å². The molecule has 2 N–H and O–H groups in total. The van der Waals surface area contributed by atoms with E-state index in [1.165, 1.54) is 0 Å². The summed E-state index contributed by atoms with van der Waals surface area (Å²) in [6, 6.07) is 0.275. The Kier molecular flexibility index (Phi) is 4.08. The summed E-state index contributed by atoms with van der Waals surface area (Å²) in [6.07, 6.45) is 1.14. The lowest BCUT2D eigenvalue weighted by Crippen LogP contribution is -2.59. The number of piperazine rings is 1. The maximum absolute atomic E-state index is 6.30. The Morgan fingerprint density at radius 3 is 2.76 bits per heavy atom. The fourth-order valence-electron chi connectivity index (χ4n) is 2.83. The van der Waals surface area contributed by atoms with Gasteiger partial charge in [-0.25, -0.2) is 0 Å². The second-order valence-electron chi connectivity index (χ2n) is 6.26. The molecule has 0 spiro atoms. The Hall–Kier alpha value is -0.160. The third-order valence-electron chi connectivity index (χ3n) is 4.43. The minimum Gasteiger partial charge on any atom is -0.381 e. The average molecular weight is 241 g/mol. The van der Waals surface area contributed by atoms with E-state index < -0.39 is 0 Å². The zero-order valence-electron chi connectivity index (χ0n) is 11.5. The van der Waals surface area contributed by atoms with Gasteiger partial charge in [0.05, 0.1) is 6.61 Å². The molecule has 0 aromatic heterocycles. The van der Waals surface area contributed by atoms with Crippen molar-refractivity contribution in [2.24, 2.45) is 11.7 Å². The second-order valence-corrected chi connectivity index (χ2v) is 6.26. The highest BCUT2D eigenvalue weighted by Crippen LogP contribution is 2.21. The van der Waals surface area contributed by atoms with E-state index in [1.807, 2.05) is 0 Å². The van der Waals surface area contributed by atoms with E-state index >= 15 is 0 Å². The van der Waals surface area contributed by atoms with Crippen LogP contribution in [0.2, 0.25) is 0 Å². The summed E-state index contributed by atoms with van der Waals surface area (Å²) >= 11 is 0. The van der Waals surface area contributed by atoms with Gasteiger partial charge in [-0.3, -0.25) is 9.80 Å². The molecule has 0 aliphatic carbocycles. The highest BCUT2D eigenvalue weighted by atomic mass is 16.5. The van der Waals surface area contributed by atoms with Crippen molar-refractivity contribution < 1.29 is 4.74 Å². The average Bonchev–Trinajstić information content (AvgIpc) is 2.76. The lowest BCUT2D eigenvalue weighted by molar-refractivity contribution is 0.0336. The topological polar surface area (TPSA) is 41.7 Å². The number of hydrogen-bond donors (Lipinski definition) is 1. The molecule has 2 aliphatic rings. The van der Waals surface area contributed by atoms with Crippen LogP contribution in [0, 0.1) is 5.92 Å². The van der Waals surface area contributed by atoms with Crippen molar-refractivity contribution in [1.29, 1.82) is 0 Å². The van der Waals surface area contributed by atoms with Gasteiger partial charge in [0, 0.05) is 50.3 Å². The molecule has 2 rings (SSSR count). The van der Waals surface area contributed by atoms with Gasteiger partial charge in [-0.1, -0.05) is 0 Å². The second kappa shape index (κ2) is 5.22. The fraction of sp³-hybridized carbons (Fsp3) is 1.00. The van der Waals surface area contributed by atoms with Gasteiger partial charge in [0.25, 0.3) is 0 Å². The molecule has 2 aliphatic heterocycles. The molecule has 4 heteroatoms. The van der Waals surface area contributed by atoms with Gasteiger partial charge >= 0.3 is 0 Å². The summed E-state index contributed by atoms with van der Waals surface area (Å²) < 4.78 is 5.42. The maximum atomic E-state index is 6.30. The largest absolute Gasteiger partial charge is 0.381 e. The van der Waals surface area contributed by atoms with Crippen LogP contribution in [0.25, 0.3) is 0 Å². The highest BCUT2D eigenvalue weighted by Gasteiger charge is 2.33. The quantitative estimate of drug-likeness (QED) is 0.775. The van der Waals surface area contributed by atoms with Gasteiger partial charge in [0.1, 0.15) is 0 Å². The molecule has 4 nitrogen and oxygen atoms in total. The fourth-order valence-corrected chi connectivity index (χ4v) is 2.83. The van der Waals surface area contributed by atoms with Gasteiger partial charge in [-0.05, 0) is 27.3 Å². The number of rotatable bonds is 3. The Labute approximate surface area is 105 Å². The van der Waals surface area contributed by atoms with E-state index in [0.717, 1.165) is 45.8 Å². The lowest BCUT2D eigenvalue weighted by atomic mass is 9.96. The van der Waals surface area contributed by atoms with Crippen molar-refractivity contribution in [3.05, 3.63) is 0 Å². The predicted octanol–water partition coefficient (Wildman–Crippen LogP) is 0.376. The van der Waals surface area contributed by atoms with E-state index in [9.17, 15) is 0 Å². The predicted molar refractivity (Wildman–Crippen MR) is 70.1 cm³/mol. The summed E-state index contributed by atoms with van der Waals surface area (Å²) in [7, 11) is 2.21. The Bertz CT molecular complexity index is 251. The monoisotopic (exact) mass is 241 g/mol. The molecule has 0 radical (unpaired) electrons. The molecule has 0 bridgehead atoms. The van der Waals surface area contributed by atoms with Crippen molar-refractivity contribution in [3.63, 3.8) is 0 Å². The van der Waals surface area contributed by atoms with Crippen LogP contribution in [0.1, 0.15) is 20.3 Å². The lowest BCUT2D eigenvalue weighted by Gasteiger charge is -2.46. The molecule has 0 amide bonds. The molecule has 0 aromatic rings. The molecule has 0 aromatic carbocycles. The first kappa shape index (κ1) is 13.3. The molecule has 2 fully saturated rings. The van der Waals surface area contributed by atoms with E-state index in [-0.39, 0.29) is 11.6 Å². The normalized spacial score (nSPS) is 32.8. The van der Waals surface area contributed by atoms with Gasteiger partial charge in [-0.15, -0.1) is 0 Å². The first-order valence-corrected chi connectivity index (χ1v) is 6.76. The summed E-state index contributed by atoms with van der Waals surface area (Å²) in [6.45, 7) is 10.8. The van der Waals surface area contributed by atoms with Gasteiger partial charge in [-0.2, -0.15) is 0 Å². The SMILES string of the molecule is CN1CCN(CC(N)C2CCOC2)CC1(C)C. The molecule has 17 heavy (non-hydrogen) atoms. The molecular weight excluding hydrogens is 214 g/mol. The molecule has 0 saturated carbocycles. The van der Waals surface area contributed by atoms with E-state index in [4.69, 9.17) is 10.5 Å². The molecule has 100 valence electrons. The van der Waals surface area contributed by atoms with E-state index in [2.05, 4.69) is 30.7 Å². The van der Waals surface area contributed by atoms with E-state index in [1.54, 1.807) is 0 Å². The zero-order valence-corrected chi connectivity index (χ0v) is 11.5. The number of likely N-dealkylation sites (N-methyl/N-ethyl adjacent to an activating group) is 1. The number of nitrogens with two attached hydrogens (primary N) is 1. The van der Waals surface area contributed by atoms with Crippen LogP contribution in [-0.4, -0.2) is 67.8 Å². The van der Waals surface area contributed by atoms with Gasteiger partial charge in [0.15, 0.2) is 0 Å². The molecule has 2 heterocycles. The van der Waals surface area contributed by atoms with Crippen molar-refractivity contribution in [1.82, 2.24) is 9.80 Å². The number of ether oxygens (including phenoxy) is 1. The Morgan fingerprint density at radius 2 is 2.18 bits per heavy atom. The van der Waals surface area contributed by atoms with Crippen LogP contribution >= 0.6 is 0 Å². The summed E-state index contributed by atoms with van der Waals surface area (Å²) in [4.78, 5) is 4.96. The Morgan fingerprint density at radius 1 is 1.41 bits per heavy atom. The number of hydrogen-bond acceptors (Lipinski definition) is 4. The van der Waals surface area contributed by atoms with Crippen LogP contribution < -0.4 is 5.73 Å². The van der Waals surface area contributed by atoms with Crippen LogP contribution in [-0.2, 0) is 4.74 Å². The van der Waals surface area contributed by atoms with Gasteiger partial charge in [0.2, 0.25) is 0 Å². The summed E-state index contributed by atoms with van der Waals surface area (Å²) in [5, 5.41) is 0. The summed E-state index contributed by atoms with van der Waals surface area (Å²) in [5.41, 5.74) is 6.57. The van der Waals surface area contributed by atoms with Crippen LogP contribution in [0.15, 0.2) is 0 Å². The smallest absolute Gasteiger partial charge is 0.0510 e. The maximum Gasteiger partial charge on any atom is 0.0510 e. The van der Waals surface area contributed by atoms with Crippen molar-refractivity contribution in [2.75, 3.05) is 46.4 Å². The molecule has 2 atom stereocenters. The van der Waals surface area contributed by atoms with Crippen molar-refractivity contribution >= 4 is 0 Å². The van der Waals surface area contributed by atoms with E-state index in [0.29, 0.717) is 5.92 Å². The van der Waals surface area contributed by atoms with Crippen molar-refractivity contribution in [3.8, 4) is 0 Å². The van der Waals surface area contributed by atoms with Gasteiger partial charge < -0.3 is 10.5 Å². The zero-order chi connectivity index (χ0) is 12.5. The summed E-state index contributed by atoms with van der Waals surface area (Å²) in [5.74, 6) is 0.567. The third-order valence-corrected chi connectivity index (χ3v) is 4.43. The molecular formula is C13H27N3O. The van der Waals surface area contributed by atoms with Crippen LogP contribution in [0.4, 0.5) is 0 Å². The highest BCUT2D eigenvalue weighted by molar-refractivity contribution is 4.90. The Balaban J connectivity index is 1.83. The molecule has 2 saturated heterocycles. The third kappa shape index (κ3) is 3.19.